The molecule has 0 aromatic carbocycles. The second-order valence-corrected chi connectivity index (χ2v) is 3.65. The van der Waals surface area contributed by atoms with E-state index < -0.39 is 0 Å². The minimum absolute atomic E-state index is 0.146. The number of carbonyl (C=O) groups is 1. The largest absolute Gasteiger partial charge is 0.324 e. The molecule has 0 N–H and O–H groups in total. The van der Waals surface area contributed by atoms with Gasteiger partial charge in [0.25, 0.3) is 0 Å². The van der Waals surface area contributed by atoms with E-state index in [1.807, 2.05) is 21.1 Å². The van der Waals surface area contributed by atoms with Gasteiger partial charge >= 0.3 is 0 Å². The van der Waals surface area contributed by atoms with E-state index in [1.54, 1.807) is 6.92 Å². The first kappa shape index (κ1) is 9.37. The van der Waals surface area contributed by atoms with Crippen molar-refractivity contribution >= 4 is 5.78 Å². The predicted molar refractivity (Wildman–Crippen MR) is 42.7 cm³/mol. The molecule has 0 bridgehead atoms. The zero-order valence-electron chi connectivity index (χ0n) is 7.27. The third kappa shape index (κ3) is 4.27. The number of Topliss-reactive ketones (excluding diaryl/α,β-unsaturated/α-hetero) is 1. The van der Waals surface area contributed by atoms with Crippen LogP contribution in [-0.2, 0) is 4.79 Å². The maximum atomic E-state index is 11.0. The van der Waals surface area contributed by atoms with Crippen molar-refractivity contribution in [3.05, 3.63) is 12.2 Å². The van der Waals surface area contributed by atoms with E-state index in [0.717, 1.165) is 0 Å². The van der Waals surface area contributed by atoms with E-state index in [0.29, 0.717) is 16.6 Å². The molecule has 0 aliphatic carbocycles. The molecule has 0 atom stereocenters. The fourth-order valence-corrected chi connectivity index (χ4v) is 0.566. The van der Waals surface area contributed by atoms with Gasteiger partial charge in [-0.3, -0.25) is 4.79 Å². The lowest BCUT2D eigenvalue weighted by atomic mass is 10.2. The molecule has 0 amide bonds. The monoisotopic (exact) mass is 142 g/mol. The van der Waals surface area contributed by atoms with Gasteiger partial charge in [0.1, 0.15) is 6.54 Å². The van der Waals surface area contributed by atoms with Crippen LogP contribution < -0.4 is 0 Å². The summed E-state index contributed by atoms with van der Waals surface area (Å²) in [4.78, 5) is 11.0. The van der Waals surface area contributed by atoms with Crippen LogP contribution in [0, 0.1) is 0 Å². The van der Waals surface area contributed by atoms with Crippen molar-refractivity contribution in [2.24, 2.45) is 0 Å². The lowest BCUT2D eigenvalue weighted by Gasteiger charge is -2.22. The number of carbonyl (C=O) groups excluding carboxylic acids is 1. The van der Waals surface area contributed by atoms with Crippen molar-refractivity contribution in [3.8, 4) is 0 Å². The lowest BCUT2D eigenvalue weighted by Crippen LogP contribution is -2.39. The highest BCUT2D eigenvalue weighted by Gasteiger charge is 2.13. The molecule has 0 heterocycles. The summed E-state index contributed by atoms with van der Waals surface area (Å²) in [7, 11) is 5.96. The van der Waals surface area contributed by atoms with Gasteiger partial charge in [0, 0.05) is 0 Å². The Kier molecular flexibility index (Phi) is 2.78. The SMILES string of the molecule is C=C(C)C(=O)C[N+](C)(C)C. The third-order valence-electron chi connectivity index (χ3n) is 1.09. The Balaban J connectivity index is 3.93. The van der Waals surface area contributed by atoms with Crippen LogP contribution in [0.4, 0.5) is 0 Å². The van der Waals surface area contributed by atoms with Crippen LogP contribution >= 0.6 is 0 Å². The van der Waals surface area contributed by atoms with Gasteiger partial charge in [-0.25, -0.2) is 0 Å². The lowest BCUT2D eigenvalue weighted by molar-refractivity contribution is -0.861. The van der Waals surface area contributed by atoms with Gasteiger partial charge in [0.05, 0.1) is 21.1 Å². The van der Waals surface area contributed by atoms with Gasteiger partial charge < -0.3 is 4.48 Å². The molecule has 0 aliphatic rings. The first-order chi connectivity index (χ1) is 4.33. The topological polar surface area (TPSA) is 17.1 Å². The molecule has 0 spiro atoms. The fourth-order valence-electron chi connectivity index (χ4n) is 0.566. The zero-order valence-corrected chi connectivity index (χ0v) is 7.27. The predicted octanol–water partition coefficient (Wildman–Crippen LogP) is 0.838. The van der Waals surface area contributed by atoms with Gasteiger partial charge in [0.2, 0.25) is 5.78 Å². The van der Waals surface area contributed by atoms with E-state index in [1.165, 1.54) is 0 Å². The molecule has 2 heteroatoms. The van der Waals surface area contributed by atoms with Gasteiger partial charge in [-0.15, -0.1) is 0 Å². The second-order valence-electron chi connectivity index (χ2n) is 3.65. The number of likely N-dealkylation sites (N-methyl/N-ethyl adjacent to an activating group) is 1. The molecule has 0 fully saturated rings. The molecule has 0 saturated heterocycles. The Morgan fingerprint density at radius 2 is 1.80 bits per heavy atom. The molecule has 0 saturated carbocycles. The van der Waals surface area contributed by atoms with Crippen LogP contribution in [0.2, 0.25) is 0 Å². The molecule has 0 unspecified atom stereocenters. The second kappa shape index (κ2) is 2.97. The van der Waals surface area contributed by atoms with Crippen LogP contribution in [-0.4, -0.2) is 38.0 Å². The molecule has 0 aromatic rings. The van der Waals surface area contributed by atoms with Gasteiger partial charge in [0.15, 0.2) is 0 Å². The summed E-state index contributed by atoms with van der Waals surface area (Å²) in [5.74, 6) is 0.146. The van der Waals surface area contributed by atoms with Crippen molar-refractivity contribution in [3.63, 3.8) is 0 Å². The quantitative estimate of drug-likeness (QED) is 0.421. The summed E-state index contributed by atoms with van der Waals surface area (Å²) >= 11 is 0. The van der Waals surface area contributed by atoms with Crippen molar-refractivity contribution in [2.75, 3.05) is 27.7 Å². The Morgan fingerprint density at radius 1 is 1.40 bits per heavy atom. The Hall–Kier alpha value is -0.630. The molecular weight excluding hydrogens is 126 g/mol. The molecular formula is C8H16NO+. The average molecular weight is 142 g/mol. The average Bonchev–Trinajstić information content (AvgIpc) is 1.60. The van der Waals surface area contributed by atoms with E-state index in [4.69, 9.17) is 0 Å². The number of rotatable bonds is 3. The molecule has 2 nitrogen and oxygen atoms in total. The molecule has 0 aromatic heterocycles. The maximum Gasteiger partial charge on any atom is 0.212 e. The summed E-state index contributed by atoms with van der Waals surface area (Å²) in [5, 5.41) is 0. The standard InChI is InChI=1S/C8H16NO/c1-7(2)8(10)6-9(3,4)5/h1,6H2,2-5H3/q+1. The highest BCUT2D eigenvalue weighted by atomic mass is 16.1. The number of hydrogen-bond acceptors (Lipinski definition) is 1. The fraction of sp³-hybridized carbons (Fsp3) is 0.625. The Morgan fingerprint density at radius 3 is 1.90 bits per heavy atom. The summed E-state index contributed by atoms with van der Waals surface area (Å²) in [6.07, 6.45) is 0. The Labute approximate surface area is 62.7 Å². The van der Waals surface area contributed by atoms with Crippen molar-refractivity contribution in [1.82, 2.24) is 0 Å². The maximum absolute atomic E-state index is 11.0. The van der Waals surface area contributed by atoms with E-state index >= 15 is 0 Å². The van der Waals surface area contributed by atoms with Gasteiger partial charge in [-0.05, 0) is 12.5 Å². The normalized spacial score (nSPS) is 11.2. The summed E-state index contributed by atoms with van der Waals surface area (Å²) in [6.45, 7) is 5.86. The smallest absolute Gasteiger partial charge is 0.212 e. The van der Waals surface area contributed by atoms with Crippen LogP contribution in [0.3, 0.4) is 0 Å². The first-order valence-corrected chi connectivity index (χ1v) is 3.32. The Bertz CT molecular complexity index is 153. The first-order valence-electron chi connectivity index (χ1n) is 3.32. The van der Waals surface area contributed by atoms with E-state index in [9.17, 15) is 4.79 Å². The number of quaternary nitrogens is 1. The van der Waals surface area contributed by atoms with E-state index in [2.05, 4.69) is 6.58 Å². The molecule has 0 radical (unpaired) electrons. The van der Waals surface area contributed by atoms with Crippen LogP contribution in [0.15, 0.2) is 12.2 Å². The van der Waals surface area contributed by atoms with Gasteiger partial charge in [-0.2, -0.15) is 0 Å². The molecule has 0 aliphatic heterocycles. The highest BCUT2D eigenvalue weighted by molar-refractivity contribution is 5.95. The summed E-state index contributed by atoms with van der Waals surface area (Å²) in [5.41, 5.74) is 0.646. The highest BCUT2D eigenvalue weighted by Crippen LogP contribution is 1.96. The van der Waals surface area contributed by atoms with Crippen molar-refractivity contribution in [2.45, 2.75) is 6.92 Å². The van der Waals surface area contributed by atoms with Crippen molar-refractivity contribution < 1.29 is 9.28 Å². The van der Waals surface area contributed by atoms with Crippen LogP contribution in [0.25, 0.3) is 0 Å². The minimum Gasteiger partial charge on any atom is -0.324 e. The van der Waals surface area contributed by atoms with Crippen molar-refractivity contribution in [1.29, 1.82) is 0 Å². The van der Waals surface area contributed by atoms with Crippen LogP contribution in [0.5, 0.6) is 0 Å². The number of nitrogens with zero attached hydrogens (tertiary/aromatic N) is 1. The third-order valence-corrected chi connectivity index (χ3v) is 1.09. The zero-order chi connectivity index (χ0) is 8.36. The van der Waals surface area contributed by atoms with Crippen LogP contribution in [0.1, 0.15) is 6.92 Å². The number of ketones is 1. The summed E-state index contributed by atoms with van der Waals surface area (Å²) in [6, 6.07) is 0. The number of hydrogen-bond donors (Lipinski definition) is 0. The molecule has 58 valence electrons. The molecule has 10 heavy (non-hydrogen) atoms. The minimum atomic E-state index is 0.146. The van der Waals surface area contributed by atoms with Gasteiger partial charge in [-0.1, -0.05) is 6.58 Å². The molecule has 0 rings (SSSR count). The summed E-state index contributed by atoms with van der Waals surface area (Å²) < 4.78 is 0.672. The van der Waals surface area contributed by atoms with E-state index in [-0.39, 0.29) is 5.78 Å².